The van der Waals surface area contributed by atoms with Crippen molar-refractivity contribution in [1.82, 2.24) is 9.97 Å². The van der Waals surface area contributed by atoms with E-state index in [4.69, 9.17) is 9.47 Å². The Labute approximate surface area is 186 Å². The van der Waals surface area contributed by atoms with Gasteiger partial charge in [-0.25, -0.2) is 4.98 Å². The van der Waals surface area contributed by atoms with Crippen molar-refractivity contribution in [1.29, 1.82) is 5.26 Å². The second-order valence-electron chi connectivity index (χ2n) is 6.48. The lowest BCUT2D eigenvalue weighted by Crippen LogP contribution is -2.09. The van der Waals surface area contributed by atoms with Gasteiger partial charge in [-0.15, -0.1) is 0 Å². The molecule has 1 heterocycles. The van der Waals surface area contributed by atoms with E-state index in [0.29, 0.717) is 39.4 Å². The van der Waals surface area contributed by atoms with E-state index in [1.807, 2.05) is 36.4 Å². The van der Waals surface area contributed by atoms with E-state index in [1.54, 1.807) is 31.4 Å². The Kier molecular flexibility index (Phi) is 5.68. The van der Waals surface area contributed by atoms with Crippen LogP contribution in [0.2, 0.25) is 0 Å². The number of methoxy groups -OCH3 is 1. The predicted molar refractivity (Wildman–Crippen MR) is 123 cm³/mol. The number of H-pyrrole nitrogens is 1. The van der Waals surface area contributed by atoms with E-state index in [0.717, 1.165) is 9.13 Å². The van der Waals surface area contributed by atoms with Crippen molar-refractivity contribution in [2.24, 2.45) is 0 Å². The number of benzene rings is 3. The molecule has 1 N–H and O–H groups in total. The van der Waals surface area contributed by atoms with E-state index in [9.17, 15) is 10.1 Å². The summed E-state index contributed by atoms with van der Waals surface area (Å²) in [6, 6.07) is 20.3. The fourth-order valence-electron chi connectivity index (χ4n) is 3.12. The molecular formula is C23H16IN3O3. The average molecular weight is 509 g/mol. The lowest BCUT2D eigenvalue weighted by Gasteiger charge is -2.15. The fourth-order valence-corrected chi connectivity index (χ4v) is 3.88. The SMILES string of the molecule is COc1cc(-c2nc3ccccc3c(=O)[nH]2)cc(I)c1OCc1ccccc1C#N. The van der Waals surface area contributed by atoms with Gasteiger partial charge in [0, 0.05) is 11.1 Å². The van der Waals surface area contributed by atoms with Crippen LogP contribution in [0.5, 0.6) is 11.5 Å². The molecule has 6 nitrogen and oxygen atoms in total. The largest absolute Gasteiger partial charge is 0.493 e. The topological polar surface area (TPSA) is 88.0 Å². The number of nitrogens with zero attached hydrogens (tertiary/aromatic N) is 2. The zero-order chi connectivity index (χ0) is 21.1. The summed E-state index contributed by atoms with van der Waals surface area (Å²) in [4.78, 5) is 19.8. The average Bonchev–Trinajstić information content (AvgIpc) is 2.78. The molecule has 0 aliphatic carbocycles. The summed E-state index contributed by atoms with van der Waals surface area (Å²) in [5.41, 5.74) is 2.50. The number of nitrogens with one attached hydrogen (secondary N) is 1. The van der Waals surface area contributed by atoms with Crippen LogP contribution in [0.25, 0.3) is 22.3 Å². The quantitative estimate of drug-likeness (QED) is 0.396. The third-order valence-electron chi connectivity index (χ3n) is 4.63. The van der Waals surface area contributed by atoms with Gasteiger partial charge in [0.05, 0.1) is 33.2 Å². The van der Waals surface area contributed by atoms with Crippen LogP contribution in [0.1, 0.15) is 11.1 Å². The first-order valence-electron chi connectivity index (χ1n) is 9.08. The predicted octanol–water partition coefficient (Wildman–Crippen LogP) is 4.65. The molecule has 1 aromatic heterocycles. The number of halogens is 1. The number of hydrogen-bond acceptors (Lipinski definition) is 5. The monoisotopic (exact) mass is 509 g/mol. The molecule has 3 aromatic carbocycles. The summed E-state index contributed by atoms with van der Waals surface area (Å²) in [5.74, 6) is 1.54. The zero-order valence-electron chi connectivity index (χ0n) is 16.0. The molecule has 0 radical (unpaired) electrons. The van der Waals surface area contributed by atoms with E-state index in [2.05, 4.69) is 38.6 Å². The molecule has 0 saturated carbocycles. The van der Waals surface area contributed by atoms with Crippen molar-refractivity contribution in [2.45, 2.75) is 6.61 Å². The van der Waals surface area contributed by atoms with Gasteiger partial charge < -0.3 is 14.5 Å². The van der Waals surface area contributed by atoms with E-state index in [1.165, 1.54) is 0 Å². The van der Waals surface area contributed by atoms with Crippen LogP contribution in [-0.4, -0.2) is 17.1 Å². The first-order chi connectivity index (χ1) is 14.6. The number of aromatic nitrogens is 2. The molecule has 148 valence electrons. The Bertz CT molecular complexity index is 1340. The Morgan fingerprint density at radius 3 is 2.70 bits per heavy atom. The highest BCUT2D eigenvalue weighted by Crippen LogP contribution is 2.37. The van der Waals surface area contributed by atoms with E-state index >= 15 is 0 Å². The lowest BCUT2D eigenvalue weighted by molar-refractivity contribution is 0.282. The summed E-state index contributed by atoms with van der Waals surface area (Å²) in [6.07, 6.45) is 0. The summed E-state index contributed by atoms with van der Waals surface area (Å²) in [7, 11) is 1.56. The van der Waals surface area contributed by atoms with Crippen molar-refractivity contribution in [3.63, 3.8) is 0 Å². The highest BCUT2D eigenvalue weighted by atomic mass is 127. The van der Waals surface area contributed by atoms with Gasteiger partial charge in [0.2, 0.25) is 0 Å². The van der Waals surface area contributed by atoms with Gasteiger partial charge in [-0.3, -0.25) is 4.79 Å². The number of ether oxygens (including phenoxy) is 2. The Balaban J connectivity index is 1.71. The van der Waals surface area contributed by atoms with Crippen LogP contribution in [0.3, 0.4) is 0 Å². The molecular weight excluding hydrogens is 493 g/mol. The van der Waals surface area contributed by atoms with Gasteiger partial charge in [0.25, 0.3) is 5.56 Å². The number of rotatable bonds is 5. The number of aromatic amines is 1. The smallest absolute Gasteiger partial charge is 0.259 e. The minimum Gasteiger partial charge on any atom is -0.493 e. The Hall–Kier alpha value is -3.38. The second-order valence-corrected chi connectivity index (χ2v) is 7.64. The molecule has 4 aromatic rings. The Morgan fingerprint density at radius 1 is 1.13 bits per heavy atom. The molecule has 0 aliphatic rings. The highest BCUT2D eigenvalue weighted by molar-refractivity contribution is 14.1. The standard InChI is InChI=1S/C23H16IN3O3/c1-29-20-11-16(22-26-19-9-5-4-8-17(19)23(28)27-22)10-18(24)21(20)30-13-15-7-3-2-6-14(15)12-25/h2-11H,13H2,1H3,(H,26,27,28). The molecule has 30 heavy (non-hydrogen) atoms. The molecule has 0 bridgehead atoms. The minimum absolute atomic E-state index is 0.196. The highest BCUT2D eigenvalue weighted by Gasteiger charge is 2.15. The maximum atomic E-state index is 12.4. The van der Waals surface area contributed by atoms with Gasteiger partial charge in [0.1, 0.15) is 12.4 Å². The zero-order valence-corrected chi connectivity index (χ0v) is 18.1. The van der Waals surface area contributed by atoms with Crippen LogP contribution >= 0.6 is 22.6 Å². The molecule has 4 rings (SSSR count). The van der Waals surface area contributed by atoms with Crippen LogP contribution in [0.15, 0.2) is 65.5 Å². The van der Waals surface area contributed by atoms with Gasteiger partial charge in [-0.1, -0.05) is 30.3 Å². The molecule has 0 saturated heterocycles. The van der Waals surface area contributed by atoms with E-state index < -0.39 is 0 Å². The van der Waals surface area contributed by atoms with Crippen LogP contribution < -0.4 is 15.0 Å². The molecule has 0 aliphatic heterocycles. The molecule has 0 unspecified atom stereocenters. The van der Waals surface area contributed by atoms with Crippen LogP contribution in [0, 0.1) is 14.9 Å². The van der Waals surface area contributed by atoms with Crippen molar-refractivity contribution in [3.05, 3.63) is 85.7 Å². The van der Waals surface area contributed by atoms with Gasteiger partial charge in [-0.05, 0) is 52.9 Å². The van der Waals surface area contributed by atoms with E-state index in [-0.39, 0.29) is 12.2 Å². The fraction of sp³-hybridized carbons (Fsp3) is 0.0870. The molecule has 0 spiro atoms. The van der Waals surface area contributed by atoms with Gasteiger partial charge >= 0.3 is 0 Å². The summed E-state index contributed by atoms with van der Waals surface area (Å²) < 4.78 is 12.3. The van der Waals surface area contributed by atoms with Gasteiger partial charge in [-0.2, -0.15) is 5.26 Å². The third-order valence-corrected chi connectivity index (χ3v) is 5.43. The molecule has 0 fully saturated rings. The summed E-state index contributed by atoms with van der Waals surface area (Å²) >= 11 is 2.16. The second kappa shape index (κ2) is 8.55. The maximum absolute atomic E-state index is 12.4. The number of hydrogen-bond donors (Lipinski definition) is 1. The number of fused-ring (bicyclic) bond motifs is 1. The van der Waals surface area contributed by atoms with Crippen LogP contribution in [0.4, 0.5) is 0 Å². The van der Waals surface area contributed by atoms with Crippen molar-refractivity contribution >= 4 is 33.5 Å². The maximum Gasteiger partial charge on any atom is 0.259 e. The Morgan fingerprint density at radius 2 is 1.90 bits per heavy atom. The number of nitriles is 1. The van der Waals surface area contributed by atoms with Crippen LogP contribution in [-0.2, 0) is 6.61 Å². The van der Waals surface area contributed by atoms with Crippen molar-refractivity contribution in [3.8, 4) is 29.0 Å². The number of para-hydroxylation sites is 1. The molecule has 7 heteroatoms. The summed E-state index contributed by atoms with van der Waals surface area (Å²) in [5, 5.41) is 9.80. The first kappa shape index (κ1) is 19.9. The minimum atomic E-state index is -0.196. The van der Waals surface area contributed by atoms with Gasteiger partial charge in [0.15, 0.2) is 11.5 Å². The molecule has 0 atom stereocenters. The lowest BCUT2D eigenvalue weighted by atomic mass is 10.1. The molecule has 0 amide bonds. The first-order valence-corrected chi connectivity index (χ1v) is 10.2. The summed E-state index contributed by atoms with van der Waals surface area (Å²) in [6.45, 7) is 0.237. The normalized spacial score (nSPS) is 10.6. The van der Waals surface area contributed by atoms with Crippen molar-refractivity contribution in [2.75, 3.05) is 7.11 Å². The van der Waals surface area contributed by atoms with Crippen molar-refractivity contribution < 1.29 is 9.47 Å². The third kappa shape index (κ3) is 3.86.